The van der Waals surface area contributed by atoms with Crippen LogP contribution in [-0.4, -0.2) is 54.7 Å². The van der Waals surface area contributed by atoms with Gasteiger partial charge in [0.1, 0.15) is 29.7 Å². The van der Waals surface area contributed by atoms with Crippen LogP contribution in [0.3, 0.4) is 0 Å². The molecule has 30 heavy (non-hydrogen) atoms. The number of halogens is 4. The fourth-order valence-electron chi connectivity index (χ4n) is 3.24. The van der Waals surface area contributed by atoms with Crippen molar-refractivity contribution in [1.29, 1.82) is 0 Å². The van der Waals surface area contributed by atoms with Crippen molar-refractivity contribution < 1.29 is 33.3 Å². The number of aliphatic hydroxyl groups excluding tert-OH is 1. The van der Waals surface area contributed by atoms with Crippen molar-refractivity contribution in [3.63, 3.8) is 0 Å². The number of anilines is 1. The Labute approximate surface area is 181 Å². The van der Waals surface area contributed by atoms with E-state index in [1.165, 1.54) is 30.2 Å². The molecule has 2 atom stereocenters. The topological polar surface area (TPSA) is 79.2 Å². The van der Waals surface area contributed by atoms with Gasteiger partial charge >= 0.3 is 5.97 Å². The van der Waals surface area contributed by atoms with Crippen LogP contribution in [0.15, 0.2) is 30.3 Å². The van der Waals surface area contributed by atoms with Gasteiger partial charge < -0.3 is 24.6 Å². The van der Waals surface area contributed by atoms with Crippen LogP contribution in [-0.2, 0) is 4.74 Å². The van der Waals surface area contributed by atoms with Gasteiger partial charge in [-0.15, -0.1) is 0 Å². The summed E-state index contributed by atoms with van der Waals surface area (Å²) in [5.74, 6) is -2.13. The maximum absolute atomic E-state index is 14.2. The number of carbonyl (C=O) groups is 1. The molecule has 10 heteroatoms. The van der Waals surface area contributed by atoms with Gasteiger partial charge in [0.15, 0.2) is 11.6 Å². The van der Waals surface area contributed by atoms with Gasteiger partial charge in [0.25, 0.3) is 0 Å². The van der Waals surface area contributed by atoms with E-state index in [1.54, 1.807) is 0 Å². The van der Waals surface area contributed by atoms with Crippen molar-refractivity contribution in [2.24, 2.45) is 0 Å². The van der Waals surface area contributed by atoms with Gasteiger partial charge in [0.05, 0.1) is 17.7 Å². The highest BCUT2D eigenvalue weighted by atomic mass is 35.5. The first-order valence-electron chi connectivity index (χ1n) is 8.95. The Balaban J connectivity index is 1.70. The summed E-state index contributed by atoms with van der Waals surface area (Å²) in [7, 11) is 1.21. The summed E-state index contributed by atoms with van der Waals surface area (Å²) in [6.07, 6.45) is -1.37. The highest BCUT2D eigenvalue weighted by molar-refractivity contribution is 6.33. The first-order valence-corrected chi connectivity index (χ1v) is 9.71. The number of methoxy groups -OCH3 is 1. The lowest BCUT2D eigenvalue weighted by Crippen LogP contribution is -2.58. The van der Waals surface area contributed by atoms with Crippen LogP contribution in [0.2, 0.25) is 10.0 Å². The van der Waals surface area contributed by atoms with Gasteiger partial charge in [0.2, 0.25) is 0 Å². The lowest BCUT2D eigenvalue weighted by atomic mass is 9.89. The second-order valence-corrected chi connectivity index (χ2v) is 7.80. The van der Waals surface area contributed by atoms with Gasteiger partial charge in [-0.1, -0.05) is 23.2 Å². The molecule has 0 amide bonds. The molecular weight excluding hydrogens is 443 g/mol. The fraction of sp³-hybridized carbons (Fsp3) is 0.350. The predicted octanol–water partition coefficient (Wildman–Crippen LogP) is 3.44. The van der Waals surface area contributed by atoms with Crippen LogP contribution >= 0.6 is 23.2 Å². The third-order valence-electron chi connectivity index (χ3n) is 4.96. The Kier molecular flexibility index (Phi) is 6.71. The number of rotatable bonds is 5. The molecule has 0 aliphatic carbocycles. The van der Waals surface area contributed by atoms with Gasteiger partial charge in [-0.3, -0.25) is 0 Å². The minimum atomic E-state index is -1.67. The van der Waals surface area contributed by atoms with Crippen molar-refractivity contribution in [2.45, 2.75) is 18.1 Å². The van der Waals surface area contributed by atoms with Crippen molar-refractivity contribution in [3.8, 4) is 5.75 Å². The van der Waals surface area contributed by atoms with E-state index in [0.29, 0.717) is 0 Å². The van der Waals surface area contributed by atoms with E-state index in [1.807, 2.05) is 0 Å². The molecule has 0 unspecified atom stereocenters. The zero-order valence-electron chi connectivity index (χ0n) is 15.9. The smallest absolute Gasteiger partial charge is 0.339 e. The minimum absolute atomic E-state index is 0.0207. The normalized spacial score (nSPS) is 21.4. The Hall–Kier alpha value is -2.13. The molecule has 0 saturated carbocycles. The van der Waals surface area contributed by atoms with Crippen LogP contribution in [0.25, 0.3) is 0 Å². The maximum atomic E-state index is 14.2. The lowest BCUT2D eigenvalue weighted by molar-refractivity contribution is -0.108. The van der Waals surface area contributed by atoms with Gasteiger partial charge in [-0.2, -0.15) is 0 Å². The molecule has 0 aromatic heterocycles. The number of β-amino-alcohol motifs (C(OH)–C–C–N with tert-alkyl or cyclic N) is 1. The summed E-state index contributed by atoms with van der Waals surface area (Å²) in [6, 6.07) is 6.26. The molecule has 1 aliphatic heterocycles. The third kappa shape index (κ3) is 4.62. The minimum Gasteiger partial charge on any atom is -0.490 e. The molecule has 1 fully saturated rings. The van der Waals surface area contributed by atoms with Crippen LogP contribution in [0.5, 0.6) is 5.75 Å². The molecule has 2 aromatic rings. The molecule has 0 bridgehead atoms. The molecule has 1 heterocycles. The quantitative estimate of drug-likeness (QED) is 0.664. The molecular formula is C20H19Cl2F2NO5. The first kappa shape index (κ1) is 22.6. The zero-order chi connectivity index (χ0) is 22.1. The van der Waals surface area contributed by atoms with E-state index in [0.717, 1.165) is 12.1 Å². The summed E-state index contributed by atoms with van der Waals surface area (Å²) < 4.78 is 38.5. The fourth-order valence-corrected chi connectivity index (χ4v) is 3.63. The van der Waals surface area contributed by atoms with Crippen LogP contribution in [0.4, 0.5) is 14.5 Å². The van der Waals surface area contributed by atoms with E-state index < -0.39 is 29.3 Å². The second kappa shape index (κ2) is 8.93. The summed E-state index contributed by atoms with van der Waals surface area (Å²) in [4.78, 5) is 13.0. The maximum Gasteiger partial charge on any atom is 0.339 e. The Morgan fingerprint density at radius 3 is 2.53 bits per heavy atom. The number of hydrogen-bond donors (Lipinski definition) is 2. The van der Waals surface area contributed by atoms with Crippen LogP contribution in [0.1, 0.15) is 16.8 Å². The molecule has 1 saturated heterocycles. The molecule has 162 valence electrons. The average molecular weight is 462 g/mol. The van der Waals surface area contributed by atoms with Crippen molar-refractivity contribution in [1.82, 2.24) is 0 Å². The molecule has 2 N–H and O–H groups in total. The van der Waals surface area contributed by atoms with E-state index in [-0.39, 0.29) is 53.2 Å². The summed E-state index contributed by atoms with van der Waals surface area (Å²) >= 11 is 11.6. The molecule has 6 nitrogen and oxygen atoms in total. The Morgan fingerprint density at radius 2 is 1.93 bits per heavy atom. The monoisotopic (exact) mass is 461 g/mol. The SMILES string of the molecule is COC(=O)c1cc(OC[C@]2(O)CCN(c3c(F)cc(Cl)cc3F)C[C@H]2O)ccc1Cl. The average Bonchev–Trinajstić information content (AvgIpc) is 2.69. The number of esters is 1. The van der Waals surface area contributed by atoms with Crippen molar-refractivity contribution in [2.75, 3.05) is 31.7 Å². The number of benzene rings is 2. The lowest BCUT2D eigenvalue weighted by Gasteiger charge is -2.42. The standard InChI is InChI=1S/C20H19Cl2F2NO5/c1-29-19(27)13-8-12(2-3-14(13)22)30-10-20(28)4-5-25(9-17(20)26)18-15(23)6-11(21)7-16(18)24/h2-3,6-8,17,26,28H,4-5,9-10H2,1H3/t17-,20-/m1/s1. The largest absolute Gasteiger partial charge is 0.490 e. The first-order chi connectivity index (χ1) is 14.1. The number of piperidine rings is 1. The second-order valence-electron chi connectivity index (χ2n) is 6.96. The van der Waals surface area contributed by atoms with E-state index in [2.05, 4.69) is 4.74 Å². The van der Waals surface area contributed by atoms with Crippen molar-refractivity contribution >= 4 is 34.9 Å². The molecule has 1 aliphatic rings. The summed E-state index contributed by atoms with van der Waals surface area (Å²) in [6.45, 7) is -0.459. The van der Waals surface area contributed by atoms with E-state index >= 15 is 0 Å². The number of aliphatic hydroxyl groups is 2. The van der Waals surface area contributed by atoms with Crippen molar-refractivity contribution in [3.05, 3.63) is 57.6 Å². The summed E-state index contributed by atoms with van der Waals surface area (Å²) in [5, 5.41) is 21.4. The predicted molar refractivity (Wildman–Crippen MR) is 107 cm³/mol. The van der Waals surface area contributed by atoms with E-state index in [4.69, 9.17) is 27.9 Å². The number of carbonyl (C=O) groups excluding carboxylic acids is 1. The number of nitrogens with zero attached hydrogens (tertiary/aromatic N) is 1. The highest BCUT2D eigenvalue weighted by Gasteiger charge is 2.42. The molecule has 2 aromatic carbocycles. The number of ether oxygens (including phenoxy) is 2. The van der Waals surface area contributed by atoms with Gasteiger partial charge in [0, 0.05) is 18.1 Å². The Bertz CT molecular complexity index is 938. The van der Waals surface area contributed by atoms with Crippen LogP contribution in [0, 0.1) is 11.6 Å². The molecule has 3 rings (SSSR count). The highest BCUT2D eigenvalue weighted by Crippen LogP contribution is 2.33. The molecule has 0 spiro atoms. The number of hydrogen-bond acceptors (Lipinski definition) is 6. The summed E-state index contributed by atoms with van der Waals surface area (Å²) in [5.41, 5.74) is -1.89. The zero-order valence-corrected chi connectivity index (χ0v) is 17.4. The molecule has 0 radical (unpaired) electrons. The van der Waals surface area contributed by atoms with Crippen LogP contribution < -0.4 is 9.64 Å². The van der Waals surface area contributed by atoms with Gasteiger partial charge in [-0.05, 0) is 36.8 Å². The van der Waals surface area contributed by atoms with Gasteiger partial charge in [-0.25, -0.2) is 13.6 Å². The Morgan fingerprint density at radius 1 is 1.27 bits per heavy atom. The third-order valence-corrected chi connectivity index (χ3v) is 5.51. The van der Waals surface area contributed by atoms with E-state index in [9.17, 15) is 23.8 Å².